The summed E-state index contributed by atoms with van der Waals surface area (Å²) in [4.78, 5) is 26.2. The molecule has 2 aromatic heterocycles. The van der Waals surface area contributed by atoms with Crippen molar-refractivity contribution in [1.29, 1.82) is 0 Å². The molecule has 0 saturated carbocycles. The second-order valence-corrected chi connectivity index (χ2v) is 9.60. The molecule has 178 valence electrons. The number of anilines is 2. The Morgan fingerprint density at radius 1 is 1.06 bits per heavy atom. The lowest BCUT2D eigenvalue weighted by Crippen LogP contribution is -2.33. The van der Waals surface area contributed by atoms with Crippen molar-refractivity contribution >= 4 is 28.3 Å². The van der Waals surface area contributed by atoms with Crippen molar-refractivity contribution in [2.45, 2.75) is 19.5 Å². The predicted molar refractivity (Wildman–Crippen MR) is 123 cm³/mol. The molecule has 1 amide bonds. The van der Waals surface area contributed by atoms with Gasteiger partial charge in [-0.3, -0.25) is 14.0 Å². The van der Waals surface area contributed by atoms with E-state index in [1.807, 2.05) is 13.0 Å². The Kier molecular flexibility index (Phi) is 6.92. The lowest BCUT2D eigenvalue weighted by atomic mass is 10.0. The standard InChI is InChI=1S/C23H22F3N5O2S/c1-15-11-17(13-18(12-15)29-22-27-6-5-20(30-22)23(24,25)26)16-3-4-19(28-14-16)21(32)31-7-2-9-34(33)10-8-31/h3-6,11-14H,2,7-10H2,1H3,(H,27,29,30). The van der Waals surface area contributed by atoms with E-state index in [9.17, 15) is 22.2 Å². The van der Waals surface area contributed by atoms with Crippen molar-refractivity contribution in [3.05, 3.63) is 65.7 Å². The third-order valence-corrected chi connectivity index (χ3v) is 6.65. The second-order valence-electron chi connectivity index (χ2n) is 7.90. The van der Waals surface area contributed by atoms with Crippen LogP contribution in [-0.2, 0) is 17.0 Å². The molecule has 1 N–H and O–H groups in total. The molecule has 34 heavy (non-hydrogen) atoms. The maximum absolute atomic E-state index is 12.9. The number of aryl methyl sites for hydroxylation is 1. The van der Waals surface area contributed by atoms with Gasteiger partial charge in [0.2, 0.25) is 5.95 Å². The highest BCUT2D eigenvalue weighted by Crippen LogP contribution is 2.29. The zero-order valence-corrected chi connectivity index (χ0v) is 19.1. The fraction of sp³-hybridized carbons (Fsp3) is 0.304. The molecule has 3 heterocycles. The van der Waals surface area contributed by atoms with Gasteiger partial charge in [0, 0.05) is 59.0 Å². The van der Waals surface area contributed by atoms with E-state index in [2.05, 4.69) is 20.3 Å². The first-order valence-corrected chi connectivity index (χ1v) is 12.1. The molecule has 3 aromatic rings. The lowest BCUT2D eigenvalue weighted by Gasteiger charge is -2.19. The van der Waals surface area contributed by atoms with Gasteiger partial charge in [-0.25, -0.2) is 9.97 Å². The minimum atomic E-state index is -4.56. The summed E-state index contributed by atoms with van der Waals surface area (Å²) in [5.74, 6) is 0.715. The first-order chi connectivity index (χ1) is 16.2. The molecule has 1 saturated heterocycles. The van der Waals surface area contributed by atoms with Crippen molar-refractivity contribution in [1.82, 2.24) is 19.9 Å². The molecule has 11 heteroatoms. The van der Waals surface area contributed by atoms with Crippen LogP contribution in [-0.4, -0.2) is 54.6 Å². The van der Waals surface area contributed by atoms with Gasteiger partial charge in [0.1, 0.15) is 11.4 Å². The molecular weight excluding hydrogens is 467 g/mol. The molecule has 1 aliphatic heterocycles. The van der Waals surface area contributed by atoms with E-state index in [0.717, 1.165) is 29.0 Å². The predicted octanol–water partition coefficient (Wildman–Crippen LogP) is 4.20. The van der Waals surface area contributed by atoms with E-state index in [1.165, 1.54) is 0 Å². The summed E-state index contributed by atoms with van der Waals surface area (Å²) in [5.41, 5.74) is 2.17. The van der Waals surface area contributed by atoms with E-state index >= 15 is 0 Å². The van der Waals surface area contributed by atoms with E-state index in [-0.39, 0.29) is 11.9 Å². The number of amides is 1. The number of halogens is 3. The van der Waals surface area contributed by atoms with Crippen molar-refractivity contribution < 1.29 is 22.2 Å². The summed E-state index contributed by atoms with van der Waals surface area (Å²) < 4.78 is 50.5. The van der Waals surface area contributed by atoms with Gasteiger partial charge in [-0.2, -0.15) is 13.2 Å². The third kappa shape index (κ3) is 5.77. The zero-order valence-electron chi connectivity index (χ0n) is 18.3. The van der Waals surface area contributed by atoms with Gasteiger partial charge in [0.25, 0.3) is 5.91 Å². The highest BCUT2D eigenvalue weighted by atomic mass is 32.2. The molecule has 0 radical (unpaired) electrons. The van der Waals surface area contributed by atoms with E-state index in [1.54, 1.807) is 35.4 Å². The number of benzene rings is 1. The van der Waals surface area contributed by atoms with E-state index in [4.69, 9.17) is 0 Å². The molecule has 1 aromatic carbocycles. The molecule has 1 unspecified atom stereocenters. The molecule has 0 aliphatic carbocycles. The van der Waals surface area contributed by atoms with Crippen LogP contribution in [0.3, 0.4) is 0 Å². The first kappa shape index (κ1) is 23.8. The molecule has 1 atom stereocenters. The molecule has 0 spiro atoms. The van der Waals surface area contributed by atoms with E-state index < -0.39 is 22.7 Å². The van der Waals surface area contributed by atoms with Crippen LogP contribution in [0.15, 0.2) is 48.8 Å². The highest BCUT2D eigenvalue weighted by Gasteiger charge is 2.32. The Labute approximate surface area is 196 Å². The number of rotatable bonds is 4. The molecule has 1 aliphatic rings. The van der Waals surface area contributed by atoms with Gasteiger partial charge >= 0.3 is 6.18 Å². The van der Waals surface area contributed by atoms with Gasteiger partial charge in [-0.05, 0) is 48.7 Å². The summed E-state index contributed by atoms with van der Waals surface area (Å²) in [5, 5.41) is 2.82. The maximum atomic E-state index is 12.9. The van der Waals surface area contributed by atoms with Crippen LogP contribution >= 0.6 is 0 Å². The van der Waals surface area contributed by atoms with Crippen LogP contribution in [0, 0.1) is 6.92 Å². The average molecular weight is 490 g/mol. The summed E-state index contributed by atoms with van der Waals surface area (Å²) in [6, 6.07) is 9.65. The van der Waals surface area contributed by atoms with Crippen LogP contribution in [0.5, 0.6) is 0 Å². The van der Waals surface area contributed by atoms with Gasteiger partial charge in [0.15, 0.2) is 0 Å². The largest absolute Gasteiger partial charge is 0.433 e. The molecule has 7 nitrogen and oxygen atoms in total. The number of nitrogens with zero attached hydrogens (tertiary/aromatic N) is 4. The Balaban J connectivity index is 1.53. The van der Waals surface area contributed by atoms with Crippen molar-refractivity contribution in [3.8, 4) is 11.1 Å². The summed E-state index contributed by atoms with van der Waals surface area (Å²) in [6.07, 6.45) is -1.23. The number of alkyl halides is 3. The quantitative estimate of drug-likeness (QED) is 0.591. The van der Waals surface area contributed by atoms with Gasteiger partial charge in [-0.15, -0.1) is 0 Å². The van der Waals surface area contributed by atoms with Crippen LogP contribution in [0.4, 0.5) is 24.8 Å². The number of carbonyl (C=O) groups excluding carboxylic acids is 1. The van der Waals surface area contributed by atoms with Gasteiger partial charge in [0.05, 0.1) is 0 Å². The Bertz CT molecular complexity index is 1220. The van der Waals surface area contributed by atoms with Crippen LogP contribution in [0.25, 0.3) is 11.1 Å². The number of pyridine rings is 1. The average Bonchev–Trinajstić information content (AvgIpc) is 3.02. The Hall–Kier alpha value is -3.34. The monoisotopic (exact) mass is 489 g/mol. The highest BCUT2D eigenvalue weighted by molar-refractivity contribution is 7.85. The number of hydrogen-bond acceptors (Lipinski definition) is 6. The summed E-state index contributed by atoms with van der Waals surface area (Å²) in [6.45, 7) is 2.86. The topological polar surface area (TPSA) is 88.1 Å². The molecular formula is C23H22F3N5O2S. The Morgan fingerprint density at radius 3 is 2.62 bits per heavy atom. The normalized spacial score (nSPS) is 16.7. The zero-order chi connectivity index (χ0) is 24.3. The van der Waals surface area contributed by atoms with E-state index in [0.29, 0.717) is 42.4 Å². The first-order valence-electron chi connectivity index (χ1n) is 10.6. The van der Waals surface area contributed by atoms with Crippen molar-refractivity contribution in [2.75, 3.05) is 29.9 Å². The number of carbonyl (C=O) groups is 1. The fourth-order valence-electron chi connectivity index (χ4n) is 3.63. The van der Waals surface area contributed by atoms with Gasteiger partial charge < -0.3 is 10.2 Å². The summed E-state index contributed by atoms with van der Waals surface area (Å²) >= 11 is 0. The minimum absolute atomic E-state index is 0.163. The number of nitrogens with one attached hydrogen (secondary N) is 1. The minimum Gasteiger partial charge on any atom is -0.336 e. The Morgan fingerprint density at radius 2 is 1.88 bits per heavy atom. The van der Waals surface area contributed by atoms with Crippen LogP contribution < -0.4 is 5.32 Å². The number of aromatic nitrogens is 3. The van der Waals surface area contributed by atoms with Crippen LogP contribution in [0.1, 0.15) is 28.2 Å². The smallest absolute Gasteiger partial charge is 0.336 e. The van der Waals surface area contributed by atoms with Crippen LogP contribution in [0.2, 0.25) is 0 Å². The number of hydrogen-bond donors (Lipinski definition) is 1. The third-order valence-electron chi connectivity index (χ3n) is 5.27. The lowest BCUT2D eigenvalue weighted by molar-refractivity contribution is -0.141. The summed E-state index contributed by atoms with van der Waals surface area (Å²) in [7, 11) is -0.890. The maximum Gasteiger partial charge on any atom is 0.433 e. The van der Waals surface area contributed by atoms with Gasteiger partial charge in [-0.1, -0.05) is 12.1 Å². The van der Waals surface area contributed by atoms with Crippen molar-refractivity contribution in [2.24, 2.45) is 0 Å². The second kappa shape index (κ2) is 9.88. The molecule has 4 rings (SSSR count). The molecule has 0 bridgehead atoms. The fourth-order valence-corrected chi connectivity index (χ4v) is 4.71. The molecule has 1 fully saturated rings. The SMILES string of the molecule is Cc1cc(Nc2nccc(C(F)(F)F)n2)cc(-c2ccc(C(=O)N3CCCS(=O)CC3)nc2)c1. The van der Waals surface area contributed by atoms with Crippen molar-refractivity contribution in [3.63, 3.8) is 0 Å².